The summed E-state index contributed by atoms with van der Waals surface area (Å²) in [6.07, 6.45) is -2.77. The fourth-order valence-electron chi connectivity index (χ4n) is 2.81. The molecule has 1 amide bonds. The van der Waals surface area contributed by atoms with Gasteiger partial charge in [0.2, 0.25) is 11.7 Å². The first-order valence-corrected chi connectivity index (χ1v) is 8.93. The first kappa shape index (κ1) is 24.9. The van der Waals surface area contributed by atoms with Crippen LogP contribution in [0.4, 0.5) is 0 Å². The van der Waals surface area contributed by atoms with E-state index in [2.05, 4.69) is 10.1 Å². The number of esters is 4. The molecule has 12 nitrogen and oxygen atoms in total. The van der Waals surface area contributed by atoms with E-state index in [1.165, 1.54) is 13.0 Å². The molecule has 0 bridgehead atoms. The van der Waals surface area contributed by atoms with Crippen LogP contribution in [-0.4, -0.2) is 73.9 Å². The van der Waals surface area contributed by atoms with Gasteiger partial charge in [0.1, 0.15) is 6.61 Å². The molecule has 5 atom stereocenters. The zero-order valence-corrected chi connectivity index (χ0v) is 17.3. The van der Waals surface area contributed by atoms with Crippen LogP contribution < -0.4 is 11.1 Å². The number of ether oxygens (including phenoxy) is 5. The van der Waals surface area contributed by atoms with Crippen LogP contribution in [0.25, 0.3) is 0 Å². The van der Waals surface area contributed by atoms with Gasteiger partial charge in [0, 0.05) is 27.7 Å². The van der Waals surface area contributed by atoms with E-state index in [-0.39, 0.29) is 5.76 Å². The van der Waals surface area contributed by atoms with Gasteiger partial charge in [-0.15, -0.1) is 0 Å². The van der Waals surface area contributed by atoms with E-state index in [9.17, 15) is 24.0 Å². The molecule has 12 heteroatoms. The summed E-state index contributed by atoms with van der Waals surface area (Å²) in [4.78, 5) is 58.3. The molecule has 0 aromatic carbocycles. The zero-order valence-electron chi connectivity index (χ0n) is 17.3. The molecule has 0 saturated carbocycles. The summed E-state index contributed by atoms with van der Waals surface area (Å²) in [5.41, 5.74) is 6.08. The molecule has 30 heavy (non-hydrogen) atoms. The SMILES string of the molecule is COC(=O)C1=C[C@@H](N)[C@@H](NC(C)=O)[C@H]([C@@H](OC(C)=O)[C@@H](COC(C)=O)OC(C)=O)O1. The molecule has 0 saturated heterocycles. The zero-order chi connectivity index (χ0) is 23.0. The van der Waals surface area contributed by atoms with Crippen molar-refractivity contribution in [3.63, 3.8) is 0 Å². The van der Waals surface area contributed by atoms with Crippen molar-refractivity contribution in [2.45, 2.75) is 58.1 Å². The second kappa shape index (κ2) is 11.1. The van der Waals surface area contributed by atoms with E-state index in [0.29, 0.717) is 0 Å². The number of nitrogens with one attached hydrogen (secondary N) is 1. The Morgan fingerprint density at radius 1 is 1.07 bits per heavy atom. The van der Waals surface area contributed by atoms with Gasteiger partial charge in [0.15, 0.2) is 18.3 Å². The lowest BCUT2D eigenvalue weighted by atomic mass is 9.92. The lowest BCUT2D eigenvalue weighted by Gasteiger charge is -2.40. The highest BCUT2D eigenvalue weighted by atomic mass is 16.6. The van der Waals surface area contributed by atoms with Crippen LogP contribution in [0.15, 0.2) is 11.8 Å². The Morgan fingerprint density at radius 2 is 1.67 bits per heavy atom. The predicted molar refractivity (Wildman–Crippen MR) is 98.3 cm³/mol. The van der Waals surface area contributed by atoms with Crippen LogP contribution in [0.3, 0.4) is 0 Å². The molecule has 0 spiro atoms. The Morgan fingerprint density at radius 3 is 2.13 bits per heavy atom. The van der Waals surface area contributed by atoms with Gasteiger partial charge in [-0.05, 0) is 6.08 Å². The highest BCUT2D eigenvalue weighted by molar-refractivity contribution is 5.86. The van der Waals surface area contributed by atoms with E-state index in [1.807, 2.05) is 0 Å². The first-order chi connectivity index (χ1) is 14.0. The third-order valence-corrected chi connectivity index (χ3v) is 3.89. The molecule has 1 aliphatic heterocycles. The van der Waals surface area contributed by atoms with Crippen molar-refractivity contribution in [2.24, 2.45) is 5.73 Å². The summed E-state index contributed by atoms with van der Waals surface area (Å²) < 4.78 is 25.6. The summed E-state index contributed by atoms with van der Waals surface area (Å²) in [5, 5.41) is 2.56. The highest BCUT2D eigenvalue weighted by Crippen LogP contribution is 2.26. The lowest BCUT2D eigenvalue weighted by molar-refractivity contribution is -0.187. The number of carbonyl (C=O) groups is 5. The number of hydrogen-bond acceptors (Lipinski definition) is 11. The fraction of sp³-hybridized carbons (Fsp3) is 0.611. The summed E-state index contributed by atoms with van der Waals surface area (Å²) in [7, 11) is 1.12. The van der Waals surface area contributed by atoms with Gasteiger partial charge in [-0.3, -0.25) is 19.2 Å². The molecule has 1 aliphatic rings. The Hall–Kier alpha value is -3.15. The lowest BCUT2D eigenvalue weighted by Crippen LogP contribution is -2.63. The predicted octanol–water partition coefficient (Wildman–Crippen LogP) is -1.30. The van der Waals surface area contributed by atoms with Gasteiger partial charge in [0.25, 0.3) is 0 Å². The van der Waals surface area contributed by atoms with Crippen LogP contribution in [0.2, 0.25) is 0 Å². The second-order valence-corrected chi connectivity index (χ2v) is 6.43. The van der Waals surface area contributed by atoms with Crippen molar-refractivity contribution in [3.8, 4) is 0 Å². The van der Waals surface area contributed by atoms with Gasteiger partial charge in [-0.1, -0.05) is 0 Å². The van der Waals surface area contributed by atoms with Crippen molar-refractivity contribution in [1.82, 2.24) is 5.32 Å². The molecule has 1 rings (SSSR count). The van der Waals surface area contributed by atoms with Gasteiger partial charge in [-0.2, -0.15) is 0 Å². The minimum atomic E-state index is -1.40. The maximum absolute atomic E-state index is 12.0. The van der Waals surface area contributed by atoms with Crippen LogP contribution in [0.1, 0.15) is 27.7 Å². The molecule has 0 radical (unpaired) electrons. The summed E-state index contributed by atoms with van der Waals surface area (Å²) in [6.45, 7) is 4.08. The molecule has 3 N–H and O–H groups in total. The van der Waals surface area contributed by atoms with E-state index < -0.39 is 66.8 Å². The number of hydrogen-bond donors (Lipinski definition) is 2. The number of carbonyl (C=O) groups excluding carboxylic acids is 5. The summed E-state index contributed by atoms with van der Waals surface area (Å²) in [5.74, 6) is -3.85. The van der Waals surface area contributed by atoms with Gasteiger partial charge < -0.3 is 34.7 Å². The van der Waals surface area contributed by atoms with Gasteiger partial charge >= 0.3 is 23.9 Å². The monoisotopic (exact) mass is 430 g/mol. The molecule has 0 aromatic heterocycles. The standard InChI is InChI=1S/C18H26N2O10/c1-8(21)20-15-12(19)6-13(18(25)26-5)30-17(15)16(29-11(4)24)14(28-10(3)23)7-27-9(2)22/h6,12,14-17H,7,19H2,1-5H3,(H,20,21)/t12-,14-,15-,16+,17-/m1/s1. The number of amides is 1. The van der Waals surface area contributed by atoms with Crippen LogP contribution in [0.5, 0.6) is 0 Å². The topological polar surface area (TPSA) is 170 Å². The van der Waals surface area contributed by atoms with Crippen molar-refractivity contribution in [1.29, 1.82) is 0 Å². The quantitative estimate of drug-likeness (QED) is 0.346. The van der Waals surface area contributed by atoms with E-state index in [4.69, 9.17) is 24.7 Å². The van der Waals surface area contributed by atoms with E-state index in [1.54, 1.807) is 0 Å². The highest BCUT2D eigenvalue weighted by Gasteiger charge is 2.47. The maximum Gasteiger partial charge on any atom is 0.373 e. The van der Waals surface area contributed by atoms with Crippen LogP contribution in [-0.2, 0) is 47.7 Å². The van der Waals surface area contributed by atoms with E-state index in [0.717, 1.165) is 27.9 Å². The number of rotatable bonds is 8. The molecule has 0 unspecified atom stereocenters. The Kier molecular flexibility index (Phi) is 9.24. The van der Waals surface area contributed by atoms with Crippen molar-refractivity contribution in [3.05, 3.63) is 11.8 Å². The maximum atomic E-state index is 12.0. The van der Waals surface area contributed by atoms with Crippen molar-refractivity contribution in [2.75, 3.05) is 13.7 Å². The molecule has 0 aliphatic carbocycles. The first-order valence-electron chi connectivity index (χ1n) is 8.93. The van der Waals surface area contributed by atoms with Crippen molar-refractivity contribution < 1.29 is 47.7 Å². The second-order valence-electron chi connectivity index (χ2n) is 6.43. The van der Waals surface area contributed by atoms with Crippen LogP contribution in [0, 0.1) is 0 Å². The Balaban J connectivity index is 3.41. The minimum Gasteiger partial charge on any atom is -0.477 e. The Labute approximate surface area is 173 Å². The average Bonchev–Trinajstić information content (AvgIpc) is 2.63. The minimum absolute atomic E-state index is 0.289. The number of nitrogens with two attached hydrogens (primary N) is 1. The molecule has 168 valence electrons. The fourth-order valence-corrected chi connectivity index (χ4v) is 2.81. The van der Waals surface area contributed by atoms with Gasteiger partial charge in [-0.25, -0.2) is 4.79 Å². The molecule has 0 fully saturated rings. The largest absolute Gasteiger partial charge is 0.477 e. The number of methoxy groups -OCH3 is 1. The third-order valence-electron chi connectivity index (χ3n) is 3.89. The van der Waals surface area contributed by atoms with Crippen LogP contribution >= 0.6 is 0 Å². The Bertz CT molecular complexity index is 720. The normalized spacial score (nSPS) is 22.3. The molecule has 1 heterocycles. The molecule has 0 aromatic rings. The molecular formula is C18H26N2O10. The van der Waals surface area contributed by atoms with Crippen molar-refractivity contribution >= 4 is 29.8 Å². The third kappa shape index (κ3) is 7.35. The van der Waals surface area contributed by atoms with Gasteiger partial charge in [0.05, 0.1) is 19.2 Å². The average molecular weight is 430 g/mol. The smallest absolute Gasteiger partial charge is 0.373 e. The van der Waals surface area contributed by atoms with E-state index >= 15 is 0 Å². The summed E-state index contributed by atoms with van der Waals surface area (Å²) in [6, 6.07) is -1.94. The summed E-state index contributed by atoms with van der Waals surface area (Å²) >= 11 is 0. The molecular weight excluding hydrogens is 404 g/mol.